The Labute approximate surface area is 269 Å². The number of unbranched alkanes of at least 4 members (excludes halogenated alkanes) is 1. The zero-order valence-corrected chi connectivity index (χ0v) is 26.4. The fourth-order valence-corrected chi connectivity index (χ4v) is 8.15. The summed E-state index contributed by atoms with van der Waals surface area (Å²) >= 11 is 3.70. The molecule has 3 unspecified atom stereocenters. The molecule has 4 heterocycles. The Balaban J connectivity index is 1.41. The Hall–Kier alpha value is -3.87. The second-order valence-electron chi connectivity index (χ2n) is 11.7. The number of para-hydroxylation sites is 1. The number of aromatic nitrogens is 3. The molecule has 1 N–H and O–H groups in total. The molecule has 236 valence electrons. The number of rotatable bonds is 13. The number of likely N-dealkylation sites (tertiary alicyclic amines) is 1. The molecular weight excluding hydrogens is 642 g/mol. The number of amides is 2. The van der Waals surface area contributed by atoms with E-state index in [-0.39, 0.29) is 24.6 Å². The third-order valence-corrected chi connectivity index (χ3v) is 9.95. The Morgan fingerprint density at radius 3 is 2.67 bits per heavy atom. The first-order valence-electron chi connectivity index (χ1n) is 15.1. The van der Waals surface area contributed by atoms with Gasteiger partial charge in [-0.1, -0.05) is 75.8 Å². The summed E-state index contributed by atoms with van der Waals surface area (Å²) in [6.07, 6.45) is 4.32. The van der Waals surface area contributed by atoms with Crippen molar-refractivity contribution in [3.8, 4) is 0 Å². The third kappa shape index (κ3) is 5.28. The minimum atomic E-state index is -1.33. The number of halogens is 1. The van der Waals surface area contributed by atoms with Gasteiger partial charge in [-0.05, 0) is 37.0 Å². The first kappa shape index (κ1) is 31.1. The van der Waals surface area contributed by atoms with Crippen LogP contribution in [0.4, 0.5) is 0 Å². The second-order valence-corrected chi connectivity index (χ2v) is 12.9. The summed E-state index contributed by atoms with van der Waals surface area (Å²) in [6, 6.07) is 14.5. The normalized spacial score (nSPS) is 27.4. The van der Waals surface area contributed by atoms with Crippen LogP contribution in [0.15, 0.2) is 79.9 Å². The van der Waals surface area contributed by atoms with Gasteiger partial charge in [-0.3, -0.25) is 14.4 Å². The van der Waals surface area contributed by atoms with E-state index in [0.717, 1.165) is 5.52 Å². The lowest BCUT2D eigenvalue weighted by Gasteiger charge is -2.39. The maximum absolute atomic E-state index is 14.9. The number of fused-ring (bicyclic) bond motifs is 2. The van der Waals surface area contributed by atoms with E-state index in [1.165, 1.54) is 4.90 Å². The highest BCUT2D eigenvalue weighted by molar-refractivity contribution is 9.09. The molecule has 2 bridgehead atoms. The third-order valence-electron chi connectivity index (χ3n) is 9.11. The van der Waals surface area contributed by atoms with Gasteiger partial charge in [-0.15, -0.1) is 18.3 Å². The number of benzene rings is 2. The summed E-state index contributed by atoms with van der Waals surface area (Å²) in [7, 11) is 0. The van der Waals surface area contributed by atoms with Gasteiger partial charge in [0.1, 0.15) is 23.8 Å². The average molecular weight is 679 g/mol. The van der Waals surface area contributed by atoms with Crippen LogP contribution in [-0.4, -0.2) is 90.0 Å². The summed E-state index contributed by atoms with van der Waals surface area (Å²) in [5.41, 5.74) is 0.751. The van der Waals surface area contributed by atoms with Crippen molar-refractivity contribution in [1.82, 2.24) is 24.8 Å². The van der Waals surface area contributed by atoms with E-state index in [1.54, 1.807) is 21.7 Å². The number of hydrogen-bond acceptors (Lipinski definition) is 8. The largest absolute Gasteiger partial charge is 0.465 e. The number of allylic oxidation sites excluding steroid dienone is 1. The molecule has 3 aliphatic rings. The van der Waals surface area contributed by atoms with Gasteiger partial charge in [0.15, 0.2) is 0 Å². The number of aliphatic hydroxyl groups excluding tert-OH is 1. The fourth-order valence-electron chi connectivity index (χ4n) is 7.21. The molecule has 3 aromatic rings. The van der Waals surface area contributed by atoms with Crippen LogP contribution in [0.5, 0.6) is 0 Å². The van der Waals surface area contributed by atoms with Crippen LogP contribution >= 0.6 is 15.9 Å². The zero-order valence-electron chi connectivity index (χ0n) is 24.8. The molecule has 6 rings (SSSR count). The van der Waals surface area contributed by atoms with Crippen molar-refractivity contribution in [3.63, 3.8) is 0 Å². The summed E-state index contributed by atoms with van der Waals surface area (Å²) in [5, 5.41) is 19.2. The van der Waals surface area contributed by atoms with Crippen molar-refractivity contribution in [3.05, 3.63) is 85.5 Å². The lowest BCUT2D eigenvalue weighted by molar-refractivity contribution is -0.157. The zero-order chi connectivity index (χ0) is 31.7. The molecule has 1 spiro atoms. The standard InChI is InChI=1S/C33H36BrN5O6/c1-3-5-11-17-44-32(43)26-27-30(41)39(25(19-40)21-12-7-6-8-13-21)29(33(27)18-22(34)28(26)45-33)31(42)37(16-4-2)20-38-24-15-10-9-14-23(24)35-36-38/h3-4,6-10,12-15,22,25-29,40H,1-2,5,11,16-20H2/t22?,25-,26-,27+,28-,29?,33?/m1/s1. The molecule has 12 heteroatoms. The SMILES string of the molecule is C=CCCCOC(=O)[C@H]1[C@@H]2OC3(CC2Br)C(C(=O)N(CC=C)Cn2nnc4ccccc42)N([C@H](CO)c2ccccc2)C(=O)[C@H]13. The van der Waals surface area contributed by atoms with Crippen LogP contribution in [0.3, 0.4) is 0 Å². The van der Waals surface area contributed by atoms with Crippen molar-refractivity contribution >= 4 is 44.7 Å². The monoisotopic (exact) mass is 677 g/mol. The van der Waals surface area contributed by atoms with Gasteiger partial charge in [0, 0.05) is 11.4 Å². The summed E-state index contributed by atoms with van der Waals surface area (Å²) in [5.74, 6) is -3.23. The Morgan fingerprint density at radius 1 is 1.18 bits per heavy atom. The van der Waals surface area contributed by atoms with Crippen LogP contribution in [0.25, 0.3) is 11.0 Å². The van der Waals surface area contributed by atoms with Crippen LogP contribution in [0, 0.1) is 11.8 Å². The quantitative estimate of drug-likeness (QED) is 0.126. The Morgan fingerprint density at radius 2 is 1.93 bits per heavy atom. The smallest absolute Gasteiger partial charge is 0.312 e. The topological polar surface area (TPSA) is 127 Å². The number of alkyl halides is 1. The number of carbonyl (C=O) groups is 3. The summed E-state index contributed by atoms with van der Waals surface area (Å²) < 4.78 is 13.9. The van der Waals surface area contributed by atoms with Crippen molar-refractivity contribution in [1.29, 1.82) is 0 Å². The number of hydrogen-bond donors (Lipinski definition) is 1. The van der Waals surface area contributed by atoms with Gasteiger partial charge in [0.2, 0.25) is 11.8 Å². The summed E-state index contributed by atoms with van der Waals surface area (Å²) in [4.78, 5) is 45.8. The average Bonchev–Trinajstić information content (AvgIpc) is 3.77. The van der Waals surface area contributed by atoms with Crippen LogP contribution in [0.1, 0.15) is 30.9 Å². The highest BCUT2D eigenvalue weighted by atomic mass is 79.9. The maximum atomic E-state index is 14.9. The Kier molecular flexibility index (Phi) is 8.89. The van der Waals surface area contributed by atoms with E-state index in [1.807, 2.05) is 54.6 Å². The number of aliphatic hydroxyl groups is 1. The predicted octanol–water partition coefficient (Wildman–Crippen LogP) is 3.39. The molecule has 11 nitrogen and oxygen atoms in total. The van der Waals surface area contributed by atoms with Gasteiger partial charge in [-0.2, -0.15) is 0 Å². The lowest BCUT2D eigenvalue weighted by Crippen LogP contribution is -2.57. The van der Waals surface area contributed by atoms with Crippen molar-refractivity contribution < 1.29 is 29.0 Å². The molecule has 0 radical (unpaired) electrons. The second kappa shape index (κ2) is 12.9. The van der Waals surface area contributed by atoms with E-state index >= 15 is 0 Å². The Bertz CT molecular complexity index is 1600. The highest BCUT2D eigenvalue weighted by Crippen LogP contribution is 2.61. The fraction of sp³-hybridized carbons (Fsp3) is 0.424. The molecule has 3 fully saturated rings. The van der Waals surface area contributed by atoms with E-state index < -0.39 is 60.0 Å². The first-order valence-corrected chi connectivity index (χ1v) is 16.0. The molecule has 3 saturated heterocycles. The number of nitrogens with zero attached hydrogens (tertiary/aromatic N) is 5. The molecule has 2 aromatic carbocycles. The maximum Gasteiger partial charge on any atom is 0.312 e. The molecule has 0 aliphatic carbocycles. The van der Waals surface area contributed by atoms with Gasteiger partial charge >= 0.3 is 5.97 Å². The van der Waals surface area contributed by atoms with Crippen molar-refractivity contribution in [2.24, 2.45) is 11.8 Å². The van der Waals surface area contributed by atoms with Crippen molar-refractivity contribution in [2.75, 3.05) is 19.8 Å². The van der Waals surface area contributed by atoms with E-state index in [4.69, 9.17) is 9.47 Å². The number of carbonyl (C=O) groups excluding carboxylic acids is 3. The van der Waals surface area contributed by atoms with E-state index in [9.17, 15) is 19.5 Å². The van der Waals surface area contributed by atoms with Gasteiger partial charge in [0.25, 0.3) is 0 Å². The molecule has 3 aliphatic heterocycles. The van der Waals surface area contributed by atoms with Gasteiger partial charge in [-0.25, -0.2) is 4.68 Å². The van der Waals surface area contributed by atoms with Crippen LogP contribution in [-0.2, 0) is 30.5 Å². The summed E-state index contributed by atoms with van der Waals surface area (Å²) in [6.45, 7) is 7.51. The first-order chi connectivity index (χ1) is 21.9. The molecular formula is C33H36BrN5O6. The van der Waals surface area contributed by atoms with E-state index in [0.29, 0.717) is 30.3 Å². The van der Waals surface area contributed by atoms with Crippen molar-refractivity contribution in [2.45, 2.75) is 54.5 Å². The molecule has 7 atom stereocenters. The number of esters is 1. The minimum Gasteiger partial charge on any atom is -0.465 e. The minimum absolute atomic E-state index is 0.0374. The lowest BCUT2D eigenvalue weighted by atomic mass is 9.70. The highest BCUT2D eigenvalue weighted by Gasteiger charge is 2.77. The van der Waals surface area contributed by atoms with Crippen LogP contribution < -0.4 is 0 Å². The van der Waals surface area contributed by atoms with Gasteiger partial charge in [0.05, 0.1) is 42.7 Å². The van der Waals surface area contributed by atoms with Gasteiger partial charge < -0.3 is 24.4 Å². The molecule has 45 heavy (non-hydrogen) atoms. The molecule has 2 amide bonds. The molecule has 0 saturated carbocycles. The van der Waals surface area contributed by atoms with Crippen LogP contribution in [0.2, 0.25) is 0 Å². The predicted molar refractivity (Wildman–Crippen MR) is 169 cm³/mol. The van der Waals surface area contributed by atoms with E-state index in [2.05, 4.69) is 39.4 Å². The number of ether oxygens (including phenoxy) is 2. The molecule has 1 aromatic heterocycles.